The third-order valence-corrected chi connectivity index (χ3v) is 2.56. The fourth-order valence-corrected chi connectivity index (χ4v) is 1.45. The number of halogens is 1. The number of hydrogen-bond donors (Lipinski definition) is 1. The second-order valence-electron chi connectivity index (χ2n) is 5.28. The van der Waals surface area contributed by atoms with E-state index in [1.165, 1.54) is 12.2 Å². The molecule has 0 atom stereocenters. The van der Waals surface area contributed by atoms with E-state index in [1.807, 2.05) is 12.1 Å². The molecule has 22 heavy (non-hydrogen) atoms. The lowest BCUT2D eigenvalue weighted by atomic mass is 10.2. The Labute approximate surface area is 149 Å². The predicted molar refractivity (Wildman–Crippen MR) is 100 cm³/mol. The van der Waals surface area contributed by atoms with Gasteiger partial charge in [-0.2, -0.15) is 0 Å². The molecule has 0 unspecified atom stereocenters. The van der Waals surface area contributed by atoms with Gasteiger partial charge in [0.2, 0.25) is 0 Å². The minimum Gasteiger partial charge on any atom is -0.530 e. The minimum absolute atomic E-state index is 0. The molecular weight excluding hydrogens is 395 g/mol. The van der Waals surface area contributed by atoms with E-state index in [4.69, 9.17) is 5.11 Å². The summed E-state index contributed by atoms with van der Waals surface area (Å²) in [5.74, 6) is 0.329. The highest BCUT2D eigenvalue weighted by molar-refractivity contribution is 14.0. The lowest BCUT2D eigenvalue weighted by molar-refractivity contribution is -0.264. The zero-order chi connectivity index (χ0) is 16.5. The highest BCUT2D eigenvalue weighted by Crippen LogP contribution is 2.21. The molecule has 0 bridgehead atoms. The Bertz CT molecular complexity index is 475. The predicted octanol–water partition coefficient (Wildman–Crippen LogP) is 2.21. The maximum atomic E-state index is 10.2. The number of carboxylic acid groups (broad SMARTS) is 1. The van der Waals surface area contributed by atoms with Gasteiger partial charge in [0.05, 0.1) is 21.1 Å². The lowest BCUT2D eigenvalue weighted by Gasteiger charge is -2.23. The van der Waals surface area contributed by atoms with Gasteiger partial charge >= 0.3 is 0 Å². The fraction of sp³-hybridized carbons (Fsp3) is 0.312. The van der Waals surface area contributed by atoms with Crippen molar-refractivity contribution in [1.29, 1.82) is 0 Å². The first kappa shape index (κ1) is 22.7. The first-order valence-electron chi connectivity index (χ1n) is 6.51. The Balaban J connectivity index is 0. The Morgan fingerprint density at radius 2 is 1.77 bits per heavy atom. The van der Waals surface area contributed by atoms with Gasteiger partial charge in [0.25, 0.3) is 0 Å². The SMILES string of the molecule is C=CCN(CC=C)C(=O)[O-].C[N+](C)(C)c1cccc(O)c1.I. The Hall–Kier alpha value is -1.54. The van der Waals surface area contributed by atoms with Crippen molar-refractivity contribution >= 4 is 35.8 Å². The summed E-state index contributed by atoms with van der Waals surface area (Å²) in [7, 11) is 6.19. The number of quaternary nitrogens is 1. The number of rotatable bonds is 5. The maximum absolute atomic E-state index is 10.2. The molecule has 0 radical (unpaired) electrons. The van der Waals surface area contributed by atoms with Gasteiger partial charge in [0.15, 0.2) is 0 Å². The Kier molecular flexibility index (Phi) is 11.5. The zero-order valence-corrected chi connectivity index (χ0v) is 15.7. The molecule has 6 heteroatoms. The number of carbonyl (C=O) groups is 1. The molecule has 0 aliphatic heterocycles. The molecule has 0 aliphatic carbocycles. The lowest BCUT2D eigenvalue weighted by Crippen LogP contribution is -2.41. The van der Waals surface area contributed by atoms with Crippen LogP contribution in [0.2, 0.25) is 0 Å². The van der Waals surface area contributed by atoms with Crippen LogP contribution in [0.1, 0.15) is 0 Å². The average Bonchev–Trinajstić information content (AvgIpc) is 2.38. The molecule has 0 saturated carbocycles. The molecule has 1 N–H and O–H groups in total. The van der Waals surface area contributed by atoms with Gasteiger partial charge in [-0.25, -0.2) is 0 Å². The summed E-state index contributed by atoms with van der Waals surface area (Å²) in [6.07, 6.45) is 1.80. The van der Waals surface area contributed by atoms with Gasteiger partial charge in [-0.05, 0) is 12.1 Å². The third kappa shape index (κ3) is 9.41. The van der Waals surface area contributed by atoms with Crippen LogP contribution in [0.15, 0.2) is 49.6 Å². The summed E-state index contributed by atoms with van der Waals surface area (Å²) < 4.78 is 0.731. The quantitative estimate of drug-likeness (QED) is 0.452. The molecule has 0 aromatic heterocycles. The number of benzene rings is 1. The van der Waals surface area contributed by atoms with E-state index in [0.29, 0.717) is 5.75 Å². The molecule has 1 rings (SSSR count). The number of hydrogen-bond acceptors (Lipinski definition) is 3. The number of phenols is 1. The summed E-state index contributed by atoms with van der Waals surface area (Å²) in [5.41, 5.74) is 1.10. The smallest absolute Gasteiger partial charge is 0.137 e. The first-order valence-corrected chi connectivity index (χ1v) is 6.51. The number of amides is 1. The molecule has 0 saturated heterocycles. The molecule has 0 spiro atoms. The Morgan fingerprint density at radius 1 is 1.27 bits per heavy atom. The van der Waals surface area contributed by atoms with E-state index >= 15 is 0 Å². The van der Waals surface area contributed by atoms with E-state index in [2.05, 4.69) is 34.3 Å². The molecule has 0 heterocycles. The Morgan fingerprint density at radius 3 is 2.05 bits per heavy atom. The van der Waals surface area contributed by atoms with Crippen LogP contribution in [0.4, 0.5) is 10.5 Å². The largest absolute Gasteiger partial charge is 0.530 e. The van der Waals surface area contributed by atoms with Crippen molar-refractivity contribution in [3.8, 4) is 5.75 Å². The van der Waals surface area contributed by atoms with Gasteiger partial charge in [-0.1, -0.05) is 18.2 Å². The standard InChI is InChI=1S/C9H13NO.C7H11NO2.HI/c1-10(2,3)8-5-4-6-9(11)7-8;1-3-5-8(6-4-2)7(9)10;/h4-7H,1-3H3;3-4H,1-2,5-6H2,(H,9,10);1H. The molecule has 1 amide bonds. The van der Waals surface area contributed by atoms with E-state index < -0.39 is 6.09 Å². The van der Waals surface area contributed by atoms with Gasteiger partial charge in [0.1, 0.15) is 17.5 Å². The van der Waals surface area contributed by atoms with Crippen LogP contribution < -0.4 is 9.59 Å². The fourth-order valence-electron chi connectivity index (χ4n) is 1.45. The van der Waals surface area contributed by atoms with Crippen molar-refractivity contribution in [3.63, 3.8) is 0 Å². The van der Waals surface area contributed by atoms with Crippen LogP contribution in [0.5, 0.6) is 5.75 Å². The highest BCUT2D eigenvalue weighted by atomic mass is 127. The molecule has 1 aromatic carbocycles. The monoisotopic (exact) mass is 420 g/mol. The van der Waals surface area contributed by atoms with Crippen LogP contribution in [-0.2, 0) is 0 Å². The number of carbonyl (C=O) groups excluding carboxylic acids is 1. The van der Waals surface area contributed by atoms with Gasteiger partial charge in [-0.15, -0.1) is 37.1 Å². The third-order valence-electron chi connectivity index (χ3n) is 2.56. The van der Waals surface area contributed by atoms with E-state index in [-0.39, 0.29) is 37.1 Å². The van der Waals surface area contributed by atoms with Gasteiger partial charge in [0, 0.05) is 19.2 Å². The summed E-state index contributed by atoms with van der Waals surface area (Å²) >= 11 is 0. The van der Waals surface area contributed by atoms with Crippen LogP contribution >= 0.6 is 24.0 Å². The summed E-state index contributed by atoms with van der Waals surface area (Å²) in [6, 6.07) is 7.31. The van der Waals surface area contributed by atoms with Crippen molar-refractivity contribution in [2.75, 3.05) is 34.2 Å². The highest BCUT2D eigenvalue weighted by Gasteiger charge is 2.11. The second kappa shape index (κ2) is 11.1. The first-order chi connectivity index (χ1) is 9.72. The van der Waals surface area contributed by atoms with Crippen LogP contribution in [-0.4, -0.2) is 50.3 Å². The topological polar surface area (TPSA) is 63.6 Å². The second-order valence-corrected chi connectivity index (χ2v) is 5.28. The molecular formula is C16H25IN2O3. The molecule has 124 valence electrons. The van der Waals surface area contributed by atoms with Crippen molar-refractivity contribution in [2.45, 2.75) is 0 Å². The van der Waals surface area contributed by atoms with Crippen molar-refractivity contribution in [2.24, 2.45) is 0 Å². The molecule has 0 aliphatic rings. The van der Waals surface area contributed by atoms with Crippen molar-refractivity contribution in [1.82, 2.24) is 9.38 Å². The van der Waals surface area contributed by atoms with E-state index in [9.17, 15) is 9.90 Å². The van der Waals surface area contributed by atoms with Crippen molar-refractivity contribution in [3.05, 3.63) is 49.6 Å². The summed E-state index contributed by atoms with van der Waals surface area (Å²) in [5, 5.41) is 19.4. The average molecular weight is 420 g/mol. The van der Waals surface area contributed by atoms with E-state index in [1.54, 1.807) is 12.1 Å². The number of nitrogens with zero attached hydrogens (tertiary/aromatic N) is 2. The maximum Gasteiger partial charge on any atom is 0.137 e. The molecule has 5 nitrogen and oxygen atoms in total. The van der Waals surface area contributed by atoms with Crippen LogP contribution in [0.25, 0.3) is 0 Å². The van der Waals surface area contributed by atoms with Crippen LogP contribution in [0, 0.1) is 0 Å². The van der Waals surface area contributed by atoms with Crippen molar-refractivity contribution < 1.29 is 15.0 Å². The summed E-state index contributed by atoms with van der Waals surface area (Å²) in [4.78, 5) is 11.3. The normalized spacial score (nSPS) is 9.59. The number of phenolic OH excluding ortho intramolecular Hbond substituents is 1. The summed E-state index contributed by atoms with van der Waals surface area (Å²) in [6.45, 7) is 7.37. The minimum atomic E-state index is -1.19. The zero-order valence-electron chi connectivity index (χ0n) is 13.4. The van der Waals surface area contributed by atoms with E-state index in [0.717, 1.165) is 15.1 Å². The number of aromatic hydroxyl groups is 1. The molecule has 0 fully saturated rings. The van der Waals surface area contributed by atoms with Crippen LogP contribution in [0.3, 0.4) is 0 Å². The van der Waals surface area contributed by atoms with Gasteiger partial charge in [-0.3, -0.25) is 4.48 Å². The molecule has 1 aromatic rings. The van der Waals surface area contributed by atoms with Gasteiger partial charge < -0.3 is 19.9 Å².